The third-order valence-corrected chi connectivity index (χ3v) is 6.08. The van der Waals surface area contributed by atoms with Gasteiger partial charge in [0.1, 0.15) is 5.82 Å². The first-order valence-corrected chi connectivity index (χ1v) is 10.9. The average molecular weight is 441 g/mol. The number of carbonyl (C=O) groups excluding carboxylic acids is 1. The maximum Gasteiger partial charge on any atom is 0.258 e. The lowest BCUT2D eigenvalue weighted by molar-refractivity contribution is -0.130. The third kappa shape index (κ3) is 3.73. The van der Waals surface area contributed by atoms with Crippen LogP contribution in [0.1, 0.15) is 29.2 Å². The van der Waals surface area contributed by atoms with Crippen LogP contribution in [-0.2, 0) is 17.8 Å². The van der Waals surface area contributed by atoms with E-state index in [0.717, 1.165) is 33.5 Å². The maximum atomic E-state index is 12.9. The van der Waals surface area contributed by atoms with Crippen molar-refractivity contribution in [2.45, 2.75) is 33.2 Å². The van der Waals surface area contributed by atoms with Gasteiger partial charge >= 0.3 is 0 Å². The average Bonchev–Trinajstić information content (AvgIpc) is 3.17. The monoisotopic (exact) mass is 440 g/mol. The molecule has 8 heteroatoms. The van der Waals surface area contributed by atoms with E-state index in [4.69, 9.17) is 4.98 Å². The zero-order chi connectivity index (χ0) is 23.1. The first-order valence-electron chi connectivity index (χ1n) is 10.9. The number of aromatic nitrogens is 5. The molecule has 0 aliphatic rings. The summed E-state index contributed by atoms with van der Waals surface area (Å²) in [5.41, 5.74) is 5.07. The summed E-state index contributed by atoms with van der Waals surface area (Å²) in [5.74, 6) is 0.434. The van der Waals surface area contributed by atoms with Crippen molar-refractivity contribution in [3.05, 3.63) is 81.7 Å². The summed E-state index contributed by atoms with van der Waals surface area (Å²) in [7, 11) is 1.72. The number of nitrogens with zero attached hydrogens (tertiary/aromatic N) is 5. The van der Waals surface area contributed by atoms with Gasteiger partial charge in [-0.1, -0.05) is 24.3 Å². The lowest BCUT2D eigenvalue weighted by atomic mass is 10.1. The van der Waals surface area contributed by atoms with E-state index >= 15 is 0 Å². The van der Waals surface area contributed by atoms with Crippen LogP contribution in [0.15, 0.2) is 53.3 Å². The van der Waals surface area contributed by atoms with E-state index in [2.05, 4.69) is 15.1 Å². The Bertz CT molecular complexity index is 1580. The van der Waals surface area contributed by atoms with Crippen molar-refractivity contribution in [2.24, 2.45) is 0 Å². The van der Waals surface area contributed by atoms with Crippen LogP contribution in [0.25, 0.3) is 27.5 Å². The van der Waals surface area contributed by atoms with E-state index in [9.17, 15) is 9.59 Å². The third-order valence-electron chi connectivity index (χ3n) is 6.08. The predicted molar refractivity (Wildman–Crippen MR) is 127 cm³/mol. The number of amides is 1. The Kier molecular flexibility index (Phi) is 5.12. The number of nitrogens with one attached hydrogen (secondary N) is 1. The number of carbonyl (C=O) groups is 1. The van der Waals surface area contributed by atoms with Crippen LogP contribution in [0.3, 0.4) is 0 Å². The van der Waals surface area contributed by atoms with Crippen LogP contribution in [0.4, 0.5) is 0 Å². The molecule has 3 heterocycles. The molecule has 5 rings (SSSR count). The molecule has 3 aromatic heterocycles. The zero-order valence-electron chi connectivity index (χ0n) is 18.8. The second-order valence-corrected chi connectivity index (χ2v) is 8.29. The SMILES string of the molecule is Cc1nc2c3ccccc3nn2c(C)c1CCC(=O)N(C)Cc1nc2ccccc2c(=O)[nH]1. The van der Waals surface area contributed by atoms with Crippen molar-refractivity contribution < 1.29 is 4.79 Å². The Labute approximate surface area is 189 Å². The largest absolute Gasteiger partial charge is 0.338 e. The molecule has 0 saturated carbocycles. The number of benzene rings is 2. The lowest BCUT2D eigenvalue weighted by Gasteiger charge is -2.17. The Morgan fingerprint density at radius 1 is 1.00 bits per heavy atom. The summed E-state index contributed by atoms with van der Waals surface area (Å²) in [4.78, 5) is 38.8. The van der Waals surface area contributed by atoms with E-state index in [1.165, 1.54) is 0 Å². The molecule has 5 aromatic rings. The second kappa shape index (κ2) is 8.12. The minimum Gasteiger partial charge on any atom is -0.338 e. The molecule has 0 saturated heterocycles. The fraction of sp³-hybridized carbons (Fsp3) is 0.240. The first kappa shape index (κ1) is 20.8. The molecule has 0 fully saturated rings. The molecule has 2 aromatic carbocycles. The van der Waals surface area contributed by atoms with Crippen molar-refractivity contribution in [3.63, 3.8) is 0 Å². The van der Waals surface area contributed by atoms with Crippen LogP contribution < -0.4 is 5.56 Å². The number of aromatic amines is 1. The smallest absolute Gasteiger partial charge is 0.258 e. The van der Waals surface area contributed by atoms with Gasteiger partial charge < -0.3 is 9.88 Å². The minimum absolute atomic E-state index is 0.0321. The van der Waals surface area contributed by atoms with Crippen molar-refractivity contribution >= 4 is 33.4 Å². The van der Waals surface area contributed by atoms with E-state index in [-0.39, 0.29) is 18.0 Å². The molecule has 0 radical (unpaired) electrons. The molecule has 1 amide bonds. The molecule has 1 N–H and O–H groups in total. The molecule has 8 nitrogen and oxygen atoms in total. The Morgan fingerprint density at radius 2 is 1.70 bits per heavy atom. The molecule has 33 heavy (non-hydrogen) atoms. The maximum absolute atomic E-state index is 12.9. The summed E-state index contributed by atoms with van der Waals surface area (Å²) in [5, 5.41) is 6.24. The van der Waals surface area contributed by atoms with Crippen molar-refractivity contribution in [2.75, 3.05) is 7.05 Å². The summed E-state index contributed by atoms with van der Waals surface area (Å²) in [6.07, 6.45) is 0.881. The van der Waals surface area contributed by atoms with Gasteiger partial charge in [-0.05, 0) is 50.1 Å². The number of para-hydroxylation sites is 1. The number of fused-ring (bicyclic) bond motifs is 4. The summed E-state index contributed by atoms with van der Waals surface area (Å²) < 4.78 is 1.87. The van der Waals surface area contributed by atoms with Crippen molar-refractivity contribution in [1.82, 2.24) is 29.5 Å². The fourth-order valence-electron chi connectivity index (χ4n) is 4.28. The van der Waals surface area contributed by atoms with E-state index in [0.29, 0.717) is 29.6 Å². The van der Waals surface area contributed by atoms with Crippen LogP contribution in [0, 0.1) is 13.8 Å². The Balaban J connectivity index is 1.34. The highest BCUT2D eigenvalue weighted by Crippen LogP contribution is 2.23. The summed E-state index contributed by atoms with van der Waals surface area (Å²) in [6, 6.07) is 15.1. The van der Waals surface area contributed by atoms with Crippen LogP contribution in [0.5, 0.6) is 0 Å². The number of rotatable bonds is 5. The molecule has 0 aliphatic carbocycles. The Morgan fingerprint density at radius 3 is 2.48 bits per heavy atom. The molecule has 0 atom stereocenters. The van der Waals surface area contributed by atoms with Gasteiger partial charge in [-0.15, -0.1) is 0 Å². The van der Waals surface area contributed by atoms with Gasteiger partial charge in [-0.2, -0.15) is 5.10 Å². The van der Waals surface area contributed by atoms with Crippen LogP contribution in [0.2, 0.25) is 0 Å². The van der Waals surface area contributed by atoms with Crippen LogP contribution in [-0.4, -0.2) is 42.4 Å². The van der Waals surface area contributed by atoms with E-state index in [1.54, 1.807) is 30.1 Å². The molecular weight excluding hydrogens is 416 g/mol. The first-order chi connectivity index (χ1) is 15.9. The van der Waals surface area contributed by atoms with Crippen molar-refractivity contribution in [1.29, 1.82) is 0 Å². The zero-order valence-corrected chi connectivity index (χ0v) is 18.8. The highest BCUT2D eigenvalue weighted by atomic mass is 16.2. The molecule has 0 bridgehead atoms. The topological polar surface area (TPSA) is 96.2 Å². The molecular formula is C25H24N6O2. The van der Waals surface area contributed by atoms with Gasteiger partial charge in [-0.25, -0.2) is 14.5 Å². The minimum atomic E-state index is -0.200. The number of hydrogen-bond donors (Lipinski definition) is 1. The number of aryl methyl sites for hydroxylation is 2. The summed E-state index contributed by atoms with van der Waals surface area (Å²) in [6.45, 7) is 4.22. The van der Waals surface area contributed by atoms with Gasteiger partial charge in [0, 0.05) is 30.2 Å². The fourth-order valence-corrected chi connectivity index (χ4v) is 4.28. The van der Waals surface area contributed by atoms with Gasteiger partial charge in [0.25, 0.3) is 5.56 Å². The lowest BCUT2D eigenvalue weighted by Crippen LogP contribution is -2.28. The summed E-state index contributed by atoms with van der Waals surface area (Å²) >= 11 is 0. The van der Waals surface area contributed by atoms with Crippen molar-refractivity contribution in [3.8, 4) is 0 Å². The van der Waals surface area contributed by atoms with Gasteiger partial charge in [-0.3, -0.25) is 9.59 Å². The molecule has 0 spiro atoms. The number of hydrogen-bond acceptors (Lipinski definition) is 5. The van der Waals surface area contributed by atoms with Gasteiger partial charge in [0.2, 0.25) is 5.91 Å². The normalized spacial score (nSPS) is 11.5. The standard InChI is InChI=1S/C25H24N6O2/c1-15-17(16(2)31-24(26-15)18-8-4-7-11-21(18)29-31)12-13-23(32)30(3)14-22-27-20-10-6-5-9-19(20)25(33)28-22/h4-11H,12-14H2,1-3H3,(H,27,28,33). The van der Waals surface area contributed by atoms with E-state index < -0.39 is 0 Å². The van der Waals surface area contributed by atoms with E-state index in [1.807, 2.05) is 48.7 Å². The van der Waals surface area contributed by atoms with Gasteiger partial charge in [0.15, 0.2) is 5.65 Å². The predicted octanol–water partition coefficient (Wildman–Crippen LogP) is 3.33. The molecule has 166 valence electrons. The number of H-pyrrole nitrogens is 1. The molecule has 0 aliphatic heterocycles. The highest BCUT2D eigenvalue weighted by molar-refractivity contribution is 5.92. The van der Waals surface area contributed by atoms with Gasteiger partial charge in [0.05, 0.1) is 23.0 Å². The quantitative estimate of drug-likeness (QED) is 0.452. The second-order valence-electron chi connectivity index (χ2n) is 8.29. The highest BCUT2D eigenvalue weighted by Gasteiger charge is 2.17. The van der Waals surface area contributed by atoms with Crippen LogP contribution >= 0.6 is 0 Å². The Hall–Kier alpha value is -4.07. The molecule has 0 unspecified atom stereocenters.